The Balaban J connectivity index is 2.58. The van der Waals surface area contributed by atoms with Crippen LogP contribution in [0.15, 0.2) is 12.1 Å². The number of anilines is 1. The molecule has 0 amide bonds. The second-order valence-corrected chi connectivity index (χ2v) is 4.08. The molecule has 0 spiro atoms. The van der Waals surface area contributed by atoms with Crippen LogP contribution in [0.25, 0.3) is 11.4 Å². The average Bonchev–Trinajstić information content (AvgIpc) is 2.67. The third kappa shape index (κ3) is 2.05. The molecule has 0 fully saturated rings. The molecule has 0 radical (unpaired) electrons. The molecule has 18 heavy (non-hydrogen) atoms. The van der Waals surface area contributed by atoms with E-state index in [2.05, 4.69) is 10.2 Å². The van der Waals surface area contributed by atoms with Gasteiger partial charge >= 0.3 is 0 Å². The number of aromatic nitrogens is 3. The lowest BCUT2D eigenvalue weighted by Crippen LogP contribution is -2.04. The number of halogens is 2. The molecule has 0 aliphatic rings. The molecular weight excluding hydrogens is 238 g/mol. The summed E-state index contributed by atoms with van der Waals surface area (Å²) in [6.07, 6.45) is 0.884. The molecule has 0 saturated carbocycles. The van der Waals surface area contributed by atoms with Crippen molar-refractivity contribution in [3.05, 3.63) is 29.6 Å². The van der Waals surface area contributed by atoms with E-state index >= 15 is 0 Å². The zero-order valence-electron chi connectivity index (χ0n) is 10.2. The molecule has 0 atom stereocenters. The van der Waals surface area contributed by atoms with E-state index in [0.29, 0.717) is 17.9 Å². The molecule has 1 heterocycles. The van der Waals surface area contributed by atoms with Gasteiger partial charge in [-0.2, -0.15) is 0 Å². The summed E-state index contributed by atoms with van der Waals surface area (Å²) in [6.45, 7) is 4.52. The summed E-state index contributed by atoms with van der Waals surface area (Å²) >= 11 is 0. The van der Waals surface area contributed by atoms with Crippen LogP contribution in [0.1, 0.15) is 19.2 Å². The monoisotopic (exact) mass is 252 g/mol. The Labute approximate surface area is 103 Å². The number of rotatable bonds is 3. The van der Waals surface area contributed by atoms with Gasteiger partial charge in [0.15, 0.2) is 17.5 Å². The Morgan fingerprint density at radius 3 is 2.56 bits per heavy atom. The summed E-state index contributed by atoms with van der Waals surface area (Å²) in [7, 11) is 0. The first-order chi connectivity index (χ1) is 8.54. The smallest absolute Gasteiger partial charge is 0.166 e. The highest BCUT2D eigenvalue weighted by molar-refractivity contribution is 5.71. The molecule has 0 aliphatic carbocycles. The maximum absolute atomic E-state index is 13.3. The van der Waals surface area contributed by atoms with Crippen LogP contribution in [-0.2, 0) is 6.54 Å². The van der Waals surface area contributed by atoms with Crippen molar-refractivity contribution in [2.75, 3.05) is 5.73 Å². The molecule has 0 bridgehead atoms. The van der Waals surface area contributed by atoms with Crippen LogP contribution < -0.4 is 5.73 Å². The predicted molar refractivity (Wildman–Crippen MR) is 64.8 cm³/mol. The first kappa shape index (κ1) is 12.5. The van der Waals surface area contributed by atoms with Gasteiger partial charge in [-0.25, -0.2) is 8.78 Å². The molecule has 96 valence electrons. The highest BCUT2D eigenvalue weighted by Gasteiger charge is 2.16. The van der Waals surface area contributed by atoms with Crippen molar-refractivity contribution in [2.24, 2.45) is 0 Å². The third-order valence-corrected chi connectivity index (χ3v) is 2.72. The zero-order chi connectivity index (χ0) is 13.3. The topological polar surface area (TPSA) is 56.7 Å². The molecule has 0 aliphatic heterocycles. The van der Waals surface area contributed by atoms with Crippen LogP contribution in [0.5, 0.6) is 0 Å². The lowest BCUT2D eigenvalue weighted by Gasteiger charge is -2.09. The number of benzene rings is 1. The summed E-state index contributed by atoms with van der Waals surface area (Å²) < 4.78 is 28.1. The van der Waals surface area contributed by atoms with Crippen molar-refractivity contribution in [2.45, 2.75) is 26.8 Å². The Kier molecular flexibility index (Phi) is 3.27. The fourth-order valence-electron chi connectivity index (χ4n) is 1.83. The summed E-state index contributed by atoms with van der Waals surface area (Å²) in [5.41, 5.74) is 6.22. The van der Waals surface area contributed by atoms with Crippen LogP contribution >= 0.6 is 0 Å². The molecule has 1 aromatic heterocycles. The fraction of sp³-hybridized carbons (Fsp3) is 0.333. The fourth-order valence-corrected chi connectivity index (χ4v) is 1.83. The molecule has 6 heteroatoms. The Hall–Kier alpha value is -1.98. The van der Waals surface area contributed by atoms with Crippen molar-refractivity contribution in [1.82, 2.24) is 14.8 Å². The minimum Gasteiger partial charge on any atom is -0.398 e. The van der Waals surface area contributed by atoms with Crippen LogP contribution in [0.4, 0.5) is 14.5 Å². The highest BCUT2D eigenvalue weighted by atomic mass is 19.2. The average molecular weight is 252 g/mol. The lowest BCUT2D eigenvalue weighted by molar-refractivity contribution is 0.509. The van der Waals surface area contributed by atoms with E-state index in [0.717, 1.165) is 24.4 Å². The van der Waals surface area contributed by atoms with E-state index in [1.807, 2.05) is 18.4 Å². The molecule has 0 saturated heterocycles. The molecule has 2 N–H and O–H groups in total. The van der Waals surface area contributed by atoms with E-state index in [4.69, 9.17) is 5.73 Å². The number of nitrogens with zero attached hydrogens (tertiary/aromatic N) is 3. The van der Waals surface area contributed by atoms with Crippen LogP contribution in [0, 0.1) is 18.6 Å². The molecule has 2 rings (SSSR count). The number of nitrogens with two attached hydrogens (primary N) is 1. The predicted octanol–water partition coefficient (Wildman–Crippen LogP) is 2.52. The van der Waals surface area contributed by atoms with Crippen LogP contribution in [0.3, 0.4) is 0 Å². The zero-order valence-corrected chi connectivity index (χ0v) is 10.2. The third-order valence-electron chi connectivity index (χ3n) is 2.72. The first-order valence-electron chi connectivity index (χ1n) is 5.69. The van der Waals surface area contributed by atoms with Crippen molar-refractivity contribution in [3.63, 3.8) is 0 Å². The van der Waals surface area contributed by atoms with Crippen molar-refractivity contribution >= 4 is 5.69 Å². The highest BCUT2D eigenvalue weighted by Crippen LogP contribution is 2.27. The largest absolute Gasteiger partial charge is 0.398 e. The summed E-state index contributed by atoms with van der Waals surface area (Å²) in [5.74, 6) is -0.723. The van der Waals surface area contributed by atoms with Gasteiger partial charge in [0.2, 0.25) is 0 Å². The van der Waals surface area contributed by atoms with E-state index in [9.17, 15) is 8.78 Å². The van der Waals surface area contributed by atoms with E-state index in [1.54, 1.807) is 0 Å². The van der Waals surface area contributed by atoms with Gasteiger partial charge < -0.3 is 10.3 Å². The molecule has 4 nitrogen and oxygen atoms in total. The van der Waals surface area contributed by atoms with Gasteiger partial charge in [-0.15, -0.1) is 10.2 Å². The van der Waals surface area contributed by atoms with Crippen molar-refractivity contribution in [3.8, 4) is 11.4 Å². The van der Waals surface area contributed by atoms with E-state index in [-0.39, 0.29) is 5.69 Å². The number of hydrogen-bond donors (Lipinski definition) is 1. The minimum absolute atomic E-state index is 0.152. The van der Waals surface area contributed by atoms with Crippen LogP contribution in [0.2, 0.25) is 0 Å². The summed E-state index contributed by atoms with van der Waals surface area (Å²) in [6, 6.07) is 2.02. The van der Waals surface area contributed by atoms with Gasteiger partial charge in [-0.1, -0.05) is 6.92 Å². The Morgan fingerprint density at radius 2 is 1.89 bits per heavy atom. The standard InChI is InChI=1S/C12H14F2N4/c1-3-4-18-7(2)16-17-12(18)8-5-9(13)10(14)6-11(8)15/h5-6H,3-4,15H2,1-2H3. The summed E-state index contributed by atoms with van der Waals surface area (Å²) in [5, 5.41) is 7.93. The molecule has 1 aromatic carbocycles. The maximum Gasteiger partial charge on any atom is 0.166 e. The normalized spacial score (nSPS) is 10.9. The second-order valence-electron chi connectivity index (χ2n) is 4.08. The number of hydrogen-bond acceptors (Lipinski definition) is 3. The number of aryl methyl sites for hydroxylation is 1. The Morgan fingerprint density at radius 1 is 1.22 bits per heavy atom. The SMILES string of the molecule is CCCn1c(C)nnc1-c1cc(F)c(F)cc1N. The first-order valence-corrected chi connectivity index (χ1v) is 5.69. The minimum atomic E-state index is -0.963. The van der Waals surface area contributed by atoms with Gasteiger partial charge in [-0.05, 0) is 19.4 Å². The van der Waals surface area contributed by atoms with E-state index in [1.165, 1.54) is 0 Å². The van der Waals surface area contributed by atoms with Gasteiger partial charge in [0.1, 0.15) is 5.82 Å². The van der Waals surface area contributed by atoms with Crippen molar-refractivity contribution < 1.29 is 8.78 Å². The van der Waals surface area contributed by atoms with Crippen molar-refractivity contribution in [1.29, 1.82) is 0 Å². The van der Waals surface area contributed by atoms with Gasteiger partial charge in [0.05, 0.1) is 0 Å². The van der Waals surface area contributed by atoms with E-state index < -0.39 is 11.6 Å². The molecule has 2 aromatic rings. The maximum atomic E-state index is 13.3. The quantitative estimate of drug-likeness (QED) is 0.854. The van der Waals surface area contributed by atoms with Gasteiger partial charge in [-0.3, -0.25) is 0 Å². The molecule has 0 unspecified atom stereocenters. The van der Waals surface area contributed by atoms with Gasteiger partial charge in [0.25, 0.3) is 0 Å². The lowest BCUT2D eigenvalue weighted by atomic mass is 10.1. The number of nitrogen functional groups attached to an aromatic ring is 1. The second kappa shape index (κ2) is 4.72. The Bertz CT molecular complexity index is 578. The molecular formula is C12H14F2N4. The van der Waals surface area contributed by atoms with Crippen LogP contribution in [-0.4, -0.2) is 14.8 Å². The van der Waals surface area contributed by atoms with Gasteiger partial charge in [0, 0.05) is 23.9 Å². The summed E-state index contributed by atoms with van der Waals surface area (Å²) in [4.78, 5) is 0.